The molecule has 0 atom stereocenters. The second-order valence-corrected chi connectivity index (χ2v) is 7.05. The number of urea groups is 1. The minimum atomic E-state index is -0.560. The van der Waals surface area contributed by atoms with Crippen LogP contribution in [-0.2, 0) is 10.3 Å². The van der Waals surface area contributed by atoms with E-state index in [1.54, 1.807) is 12.1 Å². The quantitative estimate of drug-likeness (QED) is 0.774. The summed E-state index contributed by atoms with van der Waals surface area (Å²) >= 11 is 3.46. The lowest BCUT2D eigenvalue weighted by atomic mass is 9.83. The normalized spacial score (nSPS) is 16.3. The smallest absolute Gasteiger partial charge is 0.319 e. The van der Waals surface area contributed by atoms with E-state index in [1.165, 1.54) is 12.1 Å². The lowest BCUT2D eigenvalue weighted by molar-refractivity contribution is 0.0417. The van der Waals surface area contributed by atoms with Gasteiger partial charge in [-0.05, 0) is 55.2 Å². The number of rotatable bonds is 3. The van der Waals surface area contributed by atoms with Gasteiger partial charge in [0.2, 0.25) is 0 Å². The monoisotopic (exact) mass is 406 g/mol. The average molecular weight is 407 g/mol. The van der Waals surface area contributed by atoms with Gasteiger partial charge < -0.3 is 15.4 Å². The topological polar surface area (TPSA) is 50.4 Å². The Hall–Kier alpha value is -1.92. The number of carbonyl (C=O) groups is 1. The van der Waals surface area contributed by atoms with E-state index >= 15 is 0 Å². The number of halogens is 2. The first kappa shape index (κ1) is 17.9. The van der Waals surface area contributed by atoms with Crippen molar-refractivity contribution in [2.75, 3.05) is 18.5 Å². The van der Waals surface area contributed by atoms with E-state index in [-0.39, 0.29) is 11.8 Å². The van der Waals surface area contributed by atoms with Crippen LogP contribution in [0.15, 0.2) is 46.9 Å². The molecule has 2 N–H and O–H groups in total. The fourth-order valence-corrected chi connectivity index (χ4v) is 3.45. The number of anilines is 1. The Kier molecular flexibility index (Phi) is 5.39. The van der Waals surface area contributed by atoms with Crippen molar-refractivity contribution < 1.29 is 13.9 Å². The molecule has 1 saturated heterocycles. The van der Waals surface area contributed by atoms with Gasteiger partial charge in [-0.15, -0.1) is 0 Å². The van der Waals surface area contributed by atoms with Crippen LogP contribution in [0.25, 0.3) is 0 Å². The van der Waals surface area contributed by atoms with Crippen LogP contribution in [-0.4, -0.2) is 19.2 Å². The molecule has 1 heterocycles. The number of benzene rings is 2. The molecule has 3 rings (SSSR count). The number of ether oxygens (including phenoxy) is 1. The molecule has 0 bridgehead atoms. The summed E-state index contributed by atoms with van der Waals surface area (Å²) in [5.74, 6) is -0.292. The molecule has 0 aliphatic carbocycles. The lowest BCUT2D eigenvalue weighted by Gasteiger charge is -2.38. The Morgan fingerprint density at radius 2 is 1.84 bits per heavy atom. The van der Waals surface area contributed by atoms with Gasteiger partial charge >= 0.3 is 6.03 Å². The van der Waals surface area contributed by atoms with Crippen LogP contribution in [0.4, 0.5) is 14.9 Å². The Balaban J connectivity index is 1.81. The molecule has 1 fully saturated rings. The first-order valence-electron chi connectivity index (χ1n) is 8.18. The van der Waals surface area contributed by atoms with Crippen molar-refractivity contribution in [3.05, 3.63) is 63.9 Å². The highest BCUT2D eigenvalue weighted by atomic mass is 79.9. The molecular formula is C19H20BrFN2O2. The van der Waals surface area contributed by atoms with Crippen LogP contribution in [0.3, 0.4) is 0 Å². The Bertz CT molecular complexity index is 759. The number of carbonyl (C=O) groups excluding carboxylic acids is 1. The van der Waals surface area contributed by atoms with Crippen LogP contribution in [0.2, 0.25) is 0 Å². The molecule has 4 nitrogen and oxygen atoms in total. The van der Waals surface area contributed by atoms with Gasteiger partial charge in [0.05, 0.1) is 5.54 Å². The van der Waals surface area contributed by atoms with E-state index < -0.39 is 5.54 Å². The highest BCUT2D eigenvalue weighted by Gasteiger charge is 2.36. The maximum Gasteiger partial charge on any atom is 0.319 e. The zero-order valence-corrected chi connectivity index (χ0v) is 15.5. The predicted molar refractivity (Wildman–Crippen MR) is 99.2 cm³/mol. The van der Waals surface area contributed by atoms with E-state index in [9.17, 15) is 9.18 Å². The summed E-state index contributed by atoms with van der Waals surface area (Å²) < 4.78 is 19.7. The zero-order valence-electron chi connectivity index (χ0n) is 13.9. The molecule has 0 saturated carbocycles. The van der Waals surface area contributed by atoms with Crippen molar-refractivity contribution in [1.29, 1.82) is 0 Å². The number of amides is 2. The van der Waals surface area contributed by atoms with Gasteiger partial charge in [-0.1, -0.05) is 34.1 Å². The molecule has 0 aromatic heterocycles. The molecule has 0 unspecified atom stereocenters. The van der Waals surface area contributed by atoms with Crippen LogP contribution in [0.5, 0.6) is 0 Å². The van der Waals surface area contributed by atoms with Crippen LogP contribution in [0.1, 0.15) is 24.0 Å². The highest BCUT2D eigenvalue weighted by Crippen LogP contribution is 2.32. The van der Waals surface area contributed by atoms with Crippen molar-refractivity contribution in [3.8, 4) is 0 Å². The second kappa shape index (κ2) is 7.54. The fraction of sp³-hybridized carbons (Fsp3) is 0.316. The summed E-state index contributed by atoms with van der Waals surface area (Å²) in [4.78, 5) is 12.6. The minimum Gasteiger partial charge on any atom is -0.381 e. The van der Waals surface area contributed by atoms with E-state index in [2.05, 4.69) is 26.6 Å². The van der Waals surface area contributed by atoms with E-state index in [4.69, 9.17) is 4.74 Å². The zero-order chi connectivity index (χ0) is 17.9. The summed E-state index contributed by atoms with van der Waals surface area (Å²) in [6, 6.07) is 11.7. The predicted octanol–water partition coefficient (Wildman–Crippen LogP) is 4.72. The highest BCUT2D eigenvalue weighted by molar-refractivity contribution is 9.10. The van der Waals surface area contributed by atoms with Gasteiger partial charge in [0.25, 0.3) is 0 Å². The molecule has 1 aliphatic rings. The van der Waals surface area contributed by atoms with Crippen molar-refractivity contribution in [3.63, 3.8) is 0 Å². The maximum atomic E-state index is 13.3. The van der Waals surface area contributed by atoms with E-state index in [0.29, 0.717) is 26.1 Å². The molecule has 0 spiro atoms. The van der Waals surface area contributed by atoms with Gasteiger partial charge in [0, 0.05) is 23.4 Å². The van der Waals surface area contributed by atoms with E-state index in [0.717, 1.165) is 21.3 Å². The third kappa shape index (κ3) is 4.02. The van der Waals surface area contributed by atoms with Gasteiger partial charge in [-0.2, -0.15) is 0 Å². The van der Waals surface area contributed by atoms with Gasteiger partial charge in [0.1, 0.15) is 5.82 Å². The molecule has 0 radical (unpaired) electrons. The van der Waals surface area contributed by atoms with Crippen molar-refractivity contribution in [2.45, 2.75) is 25.3 Å². The molecule has 1 aliphatic heterocycles. The summed E-state index contributed by atoms with van der Waals surface area (Å²) in [6.07, 6.45) is 1.28. The van der Waals surface area contributed by atoms with Gasteiger partial charge in [0.15, 0.2) is 0 Å². The first-order chi connectivity index (χ1) is 12.0. The van der Waals surface area contributed by atoms with Crippen molar-refractivity contribution in [1.82, 2.24) is 5.32 Å². The molecule has 25 heavy (non-hydrogen) atoms. The molecule has 6 heteroatoms. The Labute approximate surface area is 154 Å². The Morgan fingerprint density at radius 3 is 2.52 bits per heavy atom. The molecule has 2 aromatic rings. The maximum absolute atomic E-state index is 13.3. The van der Waals surface area contributed by atoms with Crippen LogP contribution >= 0.6 is 15.9 Å². The standard InChI is InChI=1S/C19H20BrFN2O2/c1-13-16(20)3-2-4-17(13)22-18(24)23-19(9-11-25-12-10-19)14-5-7-15(21)8-6-14/h2-8H,9-12H2,1H3,(H2,22,23,24). The minimum absolute atomic E-state index is 0.285. The second-order valence-electron chi connectivity index (χ2n) is 6.19. The summed E-state index contributed by atoms with van der Waals surface area (Å²) in [5.41, 5.74) is 2.03. The SMILES string of the molecule is Cc1c(Br)cccc1NC(=O)NC1(c2ccc(F)cc2)CCOCC1. The molecular weight excluding hydrogens is 387 g/mol. The summed E-state index contributed by atoms with van der Waals surface area (Å²) in [5, 5.41) is 6.00. The third-order valence-electron chi connectivity index (χ3n) is 4.61. The number of nitrogens with one attached hydrogen (secondary N) is 2. The Morgan fingerprint density at radius 1 is 1.16 bits per heavy atom. The van der Waals surface area contributed by atoms with Crippen molar-refractivity contribution in [2.24, 2.45) is 0 Å². The van der Waals surface area contributed by atoms with E-state index in [1.807, 2.05) is 25.1 Å². The molecule has 132 valence electrons. The third-order valence-corrected chi connectivity index (χ3v) is 5.47. The summed E-state index contributed by atoms with van der Waals surface area (Å²) in [6.45, 7) is 3.03. The molecule has 2 aromatic carbocycles. The fourth-order valence-electron chi connectivity index (χ4n) is 3.09. The number of hydrogen-bond donors (Lipinski definition) is 2. The van der Waals surface area contributed by atoms with Crippen LogP contribution < -0.4 is 10.6 Å². The van der Waals surface area contributed by atoms with Gasteiger partial charge in [-0.25, -0.2) is 9.18 Å². The first-order valence-corrected chi connectivity index (χ1v) is 8.97. The van der Waals surface area contributed by atoms with Gasteiger partial charge in [-0.3, -0.25) is 0 Å². The number of hydrogen-bond acceptors (Lipinski definition) is 2. The van der Waals surface area contributed by atoms with Crippen molar-refractivity contribution >= 4 is 27.6 Å². The average Bonchev–Trinajstić information content (AvgIpc) is 2.60. The summed E-state index contributed by atoms with van der Waals surface area (Å²) in [7, 11) is 0. The lowest BCUT2D eigenvalue weighted by Crippen LogP contribution is -2.51. The largest absolute Gasteiger partial charge is 0.381 e. The molecule has 2 amide bonds. The van der Waals surface area contributed by atoms with Crippen LogP contribution in [0, 0.1) is 12.7 Å².